The van der Waals surface area contributed by atoms with Gasteiger partial charge in [0, 0.05) is 32.6 Å². The fourth-order valence-electron chi connectivity index (χ4n) is 2.36. The van der Waals surface area contributed by atoms with Gasteiger partial charge in [-0.05, 0) is 13.3 Å². The molecule has 1 aromatic rings. The van der Waals surface area contributed by atoms with E-state index in [1.54, 1.807) is 7.05 Å². The number of aryl methyl sites for hydroxylation is 2. The van der Waals surface area contributed by atoms with Gasteiger partial charge in [0.05, 0.1) is 12.8 Å². The first-order chi connectivity index (χ1) is 10.4. The van der Waals surface area contributed by atoms with Gasteiger partial charge in [0.15, 0.2) is 5.96 Å². The van der Waals surface area contributed by atoms with E-state index in [-0.39, 0.29) is 30.0 Å². The monoisotopic (exact) mass is 457 g/mol. The van der Waals surface area contributed by atoms with Crippen molar-refractivity contribution in [2.24, 2.45) is 4.99 Å². The first-order valence-electron chi connectivity index (χ1n) is 7.19. The molecule has 1 atom stereocenters. The van der Waals surface area contributed by atoms with Gasteiger partial charge < -0.3 is 10.6 Å². The molecule has 0 aromatic carbocycles. The van der Waals surface area contributed by atoms with Gasteiger partial charge in [0.25, 0.3) is 0 Å². The number of aliphatic imine (C=N–C) groups is 1. The molecule has 0 radical (unpaired) electrons. The van der Waals surface area contributed by atoms with Crippen molar-refractivity contribution in [1.82, 2.24) is 30.1 Å². The number of aromatic nitrogens is 3. The maximum atomic E-state index is 11.0. The Morgan fingerprint density at radius 1 is 1.43 bits per heavy atom. The van der Waals surface area contributed by atoms with E-state index in [9.17, 15) is 8.42 Å². The predicted octanol–water partition coefficient (Wildman–Crippen LogP) is -0.766. The molecule has 1 aliphatic heterocycles. The molecule has 0 saturated heterocycles. The van der Waals surface area contributed by atoms with Crippen LogP contribution < -0.4 is 15.4 Å². The standard InChI is InChI=1S/C12H23N7O2S.HI/c1-9-16-11-5-4-10(8-19(11)18-9)17-12(13-2)14-6-7-15-22(3,20)21;/h10,15H,4-8H2,1-3H3,(H2,13,14,17);1H. The van der Waals surface area contributed by atoms with Crippen molar-refractivity contribution < 1.29 is 8.42 Å². The Hall–Kier alpha value is -0.950. The maximum absolute atomic E-state index is 11.0. The fraction of sp³-hybridized carbons (Fsp3) is 0.750. The van der Waals surface area contributed by atoms with Gasteiger partial charge in [-0.25, -0.2) is 22.8 Å². The van der Waals surface area contributed by atoms with Crippen LogP contribution in [-0.4, -0.2) is 61.6 Å². The Morgan fingerprint density at radius 3 is 2.83 bits per heavy atom. The molecule has 11 heteroatoms. The summed E-state index contributed by atoms with van der Waals surface area (Å²) in [6.07, 6.45) is 2.98. The third-order valence-corrected chi connectivity index (χ3v) is 4.04. The average molecular weight is 457 g/mol. The van der Waals surface area contributed by atoms with Crippen molar-refractivity contribution in [3.8, 4) is 0 Å². The summed E-state index contributed by atoms with van der Waals surface area (Å²) in [6.45, 7) is 3.42. The van der Waals surface area contributed by atoms with E-state index in [1.165, 1.54) is 0 Å². The predicted molar refractivity (Wildman–Crippen MR) is 99.6 cm³/mol. The molecule has 0 fully saturated rings. The van der Waals surface area contributed by atoms with Crippen LogP contribution in [0.4, 0.5) is 0 Å². The molecule has 2 heterocycles. The number of nitrogens with one attached hydrogen (secondary N) is 3. The zero-order valence-corrected chi connectivity index (χ0v) is 16.7. The van der Waals surface area contributed by atoms with Crippen molar-refractivity contribution in [3.63, 3.8) is 0 Å². The summed E-state index contributed by atoms with van der Waals surface area (Å²) < 4.78 is 26.3. The van der Waals surface area contributed by atoms with Crippen LogP contribution in [0.3, 0.4) is 0 Å². The summed E-state index contributed by atoms with van der Waals surface area (Å²) >= 11 is 0. The van der Waals surface area contributed by atoms with E-state index < -0.39 is 10.0 Å². The molecule has 9 nitrogen and oxygen atoms in total. The second-order valence-electron chi connectivity index (χ2n) is 5.30. The molecule has 0 saturated carbocycles. The molecule has 1 aromatic heterocycles. The molecule has 0 spiro atoms. The minimum Gasteiger partial charge on any atom is -0.355 e. The molecular formula is C12H24IN7O2S. The molecule has 1 aliphatic rings. The second-order valence-corrected chi connectivity index (χ2v) is 7.14. The molecule has 3 N–H and O–H groups in total. The molecule has 23 heavy (non-hydrogen) atoms. The molecule has 0 aliphatic carbocycles. The van der Waals surface area contributed by atoms with E-state index in [0.717, 1.165) is 37.3 Å². The van der Waals surface area contributed by atoms with Crippen molar-refractivity contribution in [2.45, 2.75) is 32.4 Å². The van der Waals surface area contributed by atoms with Crippen LogP contribution >= 0.6 is 24.0 Å². The summed E-state index contributed by atoms with van der Waals surface area (Å²) in [7, 11) is -1.47. The van der Waals surface area contributed by atoms with Gasteiger partial charge in [-0.2, -0.15) is 5.10 Å². The largest absolute Gasteiger partial charge is 0.355 e. The van der Waals surface area contributed by atoms with E-state index in [1.807, 2.05) is 11.6 Å². The fourth-order valence-corrected chi connectivity index (χ4v) is 2.83. The summed E-state index contributed by atoms with van der Waals surface area (Å²) in [4.78, 5) is 8.53. The maximum Gasteiger partial charge on any atom is 0.208 e. The van der Waals surface area contributed by atoms with Crippen LogP contribution in [0.2, 0.25) is 0 Å². The smallest absolute Gasteiger partial charge is 0.208 e. The minimum absolute atomic E-state index is 0. The molecular weight excluding hydrogens is 433 g/mol. The van der Waals surface area contributed by atoms with Crippen LogP contribution in [-0.2, 0) is 23.0 Å². The van der Waals surface area contributed by atoms with E-state index >= 15 is 0 Å². The number of sulfonamides is 1. The van der Waals surface area contributed by atoms with Gasteiger partial charge >= 0.3 is 0 Å². The zero-order chi connectivity index (χ0) is 16.2. The minimum atomic E-state index is -3.16. The highest BCUT2D eigenvalue weighted by Crippen LogP contribution is 2.12. The van der Waals surface area contributed by atoms with Crippen molar-refractivity contribution in [1.29, 1.82) is 0 Å². The quantitative estimate of drug-likeness (QED) is 0.232. The van der Waals surface area contributed by atoms with E-state index in [4.69, 9.17) is 0 Å². The van der Waals surface area contributed by atoms with Crippen LogP contribution in [0.1, 0.15) is 18.1 Å². The van der Waals surface area contributed by atoms with Gasteiger partial charge in [-0.15, -0.1) is 24.0 Å². The molecule has 0 amide bonds. The Kier molecular flexibility index (Phi) is 7.67. The number of nitrogens with zero attached hydrogens (tertiary/aromatic N) is 4. The number of hydrogen-bond acceptors (Lipinski definition) is 5. The Labute approximate surface area is 153 Å². The number of guanidine groups is 1. The lowest BCUT2D eigenvalue weighted by atomic mass is 10.1. The number of fused-ring (bicyclic) bond motifs is 1. The number of rotatable bonds is 5. The third kappa shape index (κ3) is 6.59. The first-order valence-corrected chi connectivity index (χ1v) is 9.08. The first kappa shape index (κ1) is 20.1. The Morgan fingerprint density at radius 2 is 2.17 bits per heavy atom. The van der Waals surface area contributed by atoms with Crippen LogP contribution in [0.25, 0.3) is 0 Å². The number of halogens is 1. The van der Waals surface area contributed by atoms with Crippen molar-refractivity contribution in [2.75, 3.05) is 26.4 Å². The SMILES string of the molecule is CN=C(NCCNS(C)(=O)=O)NC1CCc2nc(C)nn2C1.I. The molecule has 132 valence electrons. The molecule has 0 bridgehead atoms. The lowest BCUT2D eigenvalue weighted by molar-refractivity contribution is 0.392. The molecule has 1 unspecified atom stereocenters. The normalized spacial score (nSPS) is 18.0. The summed E-state index contributed by atoms with van der Waals surface area (Å²) in [6, 6.07) is 0.225. The number of hydrogen-bond donors (Lipinski definition) is 3. The van der Waals surface area contributed by atoms with Crippen molar-refractivity contribution in [3.05, 3.63) is 11.6 Å². The highest BCUT2D eigenvalue weighted by Gasteiger charge is 2.21. The average Bonchev–Trinajstić information content (AvgIpc) is 2.80. The van der Waals surface area contributed by atoms with E-state index in [0.29, 0.717) is 19.0 Å². The highest BCUT2D eigenvalue weighted by molar-refractivity contribution is 14.0. The lowest BCUT2D eigenvalue weighted by Crippen LogP contribution is -2.48. The summed E-state index contributed by atoms with van der Waals surface area (Å²) in [5.41, 5.74) is 0. The molecule has 2 rings (SSSR count). The van der Waals surface area contributed by atoms with Crippen LogP contribution in [0.5, 0.6) is 0 Å². The van der Waals surface area contributed by atoms with Crippen molar-refractivity contribution >= 4 is 40.0 Å². The van der Waals surface area contributed by atoms with Crippen LogP contribution in [0, 0.1) is 6.92 Å². The Balaban J connectivity index is 0.00000264. The van der Waals surface area contributed by atoms with Gasteiger partial charge in [0.2, 0.25) is 10.0 Å². The third-order valence-electron chi connectivity index (χ3n) is 3.31. The van der Waals surface area contributed by atoms with Gasteiger partial charge in [0.1, 0.15) is 11.6 Å². The van der Waals surface area contributed by atoms with E-state index in [2.05, 4.69) is 30.4 Å². The summed E-state index contributed by atoms with van der Waals surface area (Å²) in [5, 5.41) is 10.8. The van der Waals surface area contributed by atoms with Gasteiger partial charge in [-0.3, -0.25) is 4.99 Å². The van der Waals surface area contributed by atoms with Crippen LogP contribution in [0.15, 0.2) is 4.99 Å². The topological polar surface area (TPSA) is 113 Å². The second kappa shape index (κ2) is 8.78. The highest BCUT2D eigenvalue weighted by atomic mass is 127. The van der Waals surface area contributed by atoms with Gasteiger partial charge in [-0.1, -0.05) is 0 Å². The zero-order valence-electron chi connectivity index (χ0n) is 13.5. The summed E-state index contributed by atoms with van der Waals surface area (Å²) in [5.74, 6) is 2.47. The Bertz CT molecular complexity index is 644. The lowest BCUT2D eigenvalue weighted by Gasteiger charge is -2.25.